The first-order chi connectivity index (χ1) is 28.3. The fraction of sp³-hybridized carbons (Fsp3) is 0.611. The number of rotatable bonds is 9. The Morgan fingerprint density at radius 2 is 0.508 bits per heavy atom. The number of aromatic hydroxyl groups is 3. The standard InChI is InChI=1S/C54H81N3O6/c1-28(31-22-34(49(4,5)6)43(61)35(23-31)50(7,8)9)40(58)46-55-47(41(59)29(2)32-24-36(51(10,11)12)44(62)37(25-32)52(13,14)15)57-48(56-46)42(60)30(3)33-26-38(53(16,17)18)45(63)39(27-33)54(19,20)21/h22-30,46-48,55-57,61-63H,1-21H3. The van der Waals surface area contributed by atoms with E-state index >= 15 is 0 Å². The molecule has 348 valence electrons. The van der Waals surface area contributed by atoms with Crippen LogP contribution in [0.15, 0.2) is 36.4 Å². The molecule has 1 saturated heterocycles. The van der Waals surface area contributed by atoms with Gasteiger partial charge in [0.25, 0.3) is 0 Å². The van der Waals surface area contributed by atoms with E-state index in [0.29, 0.717) is 0 Å². The molecule has 0 bridgehead atoms. The molecule has 0 radical (unpaired) electrons. The lowest BCUT2D eigenvalue weighted by atomic mass is 9.76. The third kappa shape index (κ3) is 11.1. The molecule has 0 spiro atoms. The van der Waals surface area contributed by atoms with Crippen molar-refractivity contribution in [2.75, 3.05) is 0 Å². The van der Waals surface area contributed by atoms with Crippen LogP contribution in [0.25, 0.3) is 0 Å². The molecule has 0 amide bonds. The van der Waals surface area contributed by atoms with Crippen LogP contribution in [0.1, 0.15) is 213 Å². The monoisotopic (exact) mass is 868 g/mol. The number of phenols is 3. The molecule has 0 saturated carbocycles. The van der Waals surface area contributed by atoms with Gasteiger partial charge in [-0.25, -0.2) is 0 Å². The second-order valence-corrected chi connectivity index (χ2v) is 24.6. The van der Waals surface area contributed by atoms with E-state index in [-0.39, 0.29) is 34.6 Å². The van der Waals surface area contributed by atoms with Gasteiger partial charge in [0.15, 0.2) is 17.3 Å². The van der Waals surface area contributed by atoms with E-state index in [4.69, 9.17) is 0 Å². The lowest BCUT2D eigenvalue weighted by Crippen LogP contribution is -2.74. The van der Waals surface area contributed by atoms with E-state index in [0.717, 1.165) is 50.1 Å². The van der Waals surface area contributed by atoms with E-state index in [1.807, 2.05) is 182 Å². The number of Topliss-reactive ketones (excluding diaryl/α,β-unsaturated/α-hetero) is 3. The van der Waals surface area contributed by atoms with Crippen molar-refractivity contribution >= 4 is 17.3 Å². The Morgan fingerprint density at radius 1 is 0.365 bits per heavy atom. The van der Waals surface area contributed by atoms with Gasteiger partial charge < -0.3 is 15.3 Å². The number of phenolic OH excluding ortho intramolecular Hbond substituents is 3. The van der Waals surface area contributed by atoms with Crippen molar-refractivity contribution in [1.82, 2.24) is 16.0 Å². The summed E-state index contributed by atoms with van der Waals surface area (Å²) in [5.74, 6) is -2.23. The summed E-state index contributed by atoms with van der Waals surface area (Å²) in [6, 6.07) is 11.4. The molecule has 3 unspecified atom stereocenters. The SMILES string of the molecule is CC(C(=O)C1NC(C(=O)C(C)c2cc(C(C)(C)C)c(O)c(C(C)(C)C)c2)NC(C(=O)C(C)c2cc(C(C)(C)C)c(O)c(C(C)(C)C)c2)N1)c1cc(C(C)(C)C)c(O)c(C(C)(C)C)c1. The molecule has 1 fully saturated rings. The van der Waals surface area contributed by atoms with Crippen LogP contribution in [-0.2, 0) is 46.9 Å². The first kappa shape index (κ1) is 51.6. The Hall–Kier alpha value is -4.05. The van der Waals surface area contributed by atoms with Gasteiger partial charge in [-0.05, 0) is 82.6 Å². The second kappa shape index (κ2) is 17.4. The predicted molar refractivity (Wildman–Crippen MR) is 258 cm³/mol. The quantitative estimate of drug-likeness (QED) is 0.124. The summed E-state index contributed by atoms with van der Waals surface area (Å²) < 4.78 is 0. The maximum absolute atomic E-state index is 14.9. The molecule has 1 aliphatic heterocycles. The van der Waals surface area contributed by atoms with E-state index in [2.05, 4.69) is 16.0 Å². The predicted octanol–water partition coefficient (Wildman–Crippen LogP) is 10.8. The van der Waals surface area contributed by atoms with Gasteiger partial charge in [-0.1, -0.05) is 182 Å². The van der Waals surface area contributed by atoms with Crippen LogP contribution in [0.2, 0.25) is 0 Å². The number of hydrogen-bond acceptors (Lipinski definition) is 9. The topological polar surface area (TPSA) is 148 Å². The summed E-state index contributed by atoms with van der Waals surface area (Å²) in [5.41, 5.74) is 4.06. The molecule has 3 atom stereocenters. The van der Waals surface area contributed by atoms with Gasteiger partial charge in [0.2, 0.25) is 0 Å². The van der Waals surface area contributed by atoms with Crippen molar-refractivity contribution in [2.24, 2.45) is 0 Å². The van der Waals surface area contributed by atoms with Gasteiger partial charge in [0.05, 0.1) is 0 Å². The number of carbonyl (C=O) groups excluding carboxylic acids is 3. The van der Waals surface area contributed by atoms with Crippen LogP contribution in [0, 0.1) is 0 Å². The number of ketones is 3. The highest BCUT2D eigenvalue weighted by Gasteiger charge is 2.43. The molecule has 9 nitrogen and oxygen atoms in total. The van der Waals surface area contributed by atoms with E-state index < -0.39 is 68.7 Å². The molecule has 1 heterocycles. The zero-order chi connectivity index (χ0) is 48.5. The lowest BCUT2D eigenvalue weighted by molar-refractivity contribution is -0.131. The second-order valence-electron chi connectivity index (χ2n) is 24.6. The maximum Gasteiger partial charge on any atom is 0.171 e. The van der Waals surface area contributed by atoms with Crippen molar-refractivity contribution in [3.63, 3.8) is 0 Å². The minimum absolute atomic E-state index is 0.216. The zero-order valence-electron chi connectivity index (χ0n) is 42.5. The molecular formula is C54H81N3O6. The van der Waals surface area contributed by atoms with Gasteiger partial charge in [-0.3, -0.25) is 30.3 Å². The molecule has 0 aliphatic carbocycles. The Kier molecular flexibility index (Phi) is 14.2. The highest BCUT2D eigenvalue weighted by Crippen LogP contribution is 2.44. The van der Waals surface area contributed by atoms with Crippen LogP contribution in [0.5, 0.6) is 17.2 Å². The molecule has 3 aromatic rings. The van der Waals surface area contributed by atoms with Crippen LogP contribution in [-0.4, -0.2) is 51.2 Å². The van der Waals surface area contributed by atoms with Crippen molar-refractivity contribution < 1.29 is 29.7 Å². The highest BCUT2D eigenvalue weighted by atomic mass is 16.3. The number of nitrogens with one attached hydrogen (secondary N) is 3. The largest absolute Gasteiger partial charge is 0.507 e. The van der Waals surface area contributed by atoms with E-state index in [9.17, 15) is 29.7 Å². The fourth-order valence-corrected chi connectivity index (χ4v) is 8.53. The minimum atomic E-state index is -1.11. The average molecular weight is 868 g/mol. The summed E-state index contributed by atoms with van der Waals surface area (Å²) in [6.45, 7) is 42.0. The van der Waals surface area contributed by atoms with Gasteiger partial charge in [-0.2, -0.15) is 0 Å². The molecule has 3 aromatic carbocycles. The summed E-state index contributed by atoms with van der Waals surface area (Å²) in [4.78, 5) is 44.8. The number of hydrogen-bond donors (Lipinski definition) is 6. The van der Waals surface area contributed by atoms with E-state index in [1.54, 1.807) is 0 Å². The first-order valence-electron chi connectivity index (χ1n) is 22.8. The highest BCUT2D eigenvalue weighted by molar-refractivity contribution is 5.97. The van der Waals surface area contributed by atoms with Gasteiger partial charge in [0, 0.05) is 17.8 Å². The molecule has 0 aromatic heterocycles. The molecule has 63 heavy (non-hydrogen) atoms. The summed E-state index contributed by atoms with van der Waals surface area (Å²) in [6.07, 6.45) is -3.34. The van der Waals surface area contributed by atoms with Gasteiger partial charge in [-0.15, -0.1) is 0 Å². The summed E-state index contributed by atoms with van der Waals surface area (Å²) in [5, 5.41) is 44.3. The summed E-state index contributed by atoms with van der Waals surface area (Å²) in [7, 11) is 0. The Balaban J connectivity index is 1.87. The van der Waals surface area contributed by atoms with Crippen LogP contribution >= 0.6 is 0 Å². The van der Waals surface area contributed by atoms with Crippen molar-refractivity contribution in [2.45, 2.75) is 214 Å². The first-order valence-corrected chi connectivity index (χ1v) is 22.8. The maximum atomic E-state index is 14.9. The lowest BCUT2D eigenvalue weighted by Gasteiger charge is -2.39. The van der Waals surface area contributed by atoms with Gasteiger partial charge in [0.1, 0.15) is 35.7 Å². The molecule has 4 rings (SSSR count). The molecular weight excluding hydrogens is 787 g/mol. The van der Waals surface area contributed by atoms with Gasteiger partial charge >= 0.3 is 0 Å². The smallest absolute Gasteiger partial charge is 0.171 e. The Morgan fingerprint density at radius 3 is 0.635 bits per heavy atom. The van der Waals surface area contributed by atoms with Crippen LogP contribution < -0.4 is 16.0 Å². The molecule has 6 N–H and O–H groups in total. The number of carbonyl (C=O) groups is 3. The normalized spacial score (nSPS) is 19.7. The van der Waals surface area contributed by atoms with Crippen LogP contribution in [0.4, 0.5) is 0 Å². The molecule has 1 aliphatic rings. The Bertz CT molecular complexity index is 1870. The minimum Gasteiger partial charge on any atom is -0.507 e. The number of benzene rings is 3. The average Bonchev–Trinajstić information content (AvgIpc) is 3.13. The Labute approximate surface area is 379 Å². The fourth-order valence-electron chi connectivity index (χ4n) is 8.53. The van der Waals surface area contributed by atoms with Crippen molar-refractivity contribution in [1.29, 1.82) is 0 Å². The van der Waals surface area contributed by atoms with Crippen molar-refractivity contribution in [3.8, 4) is 17.2 Å². The third-order valence-corrected chi connectivity index (χ3v) is 12.9. The van der Waals surface area contributed by atoms with Crippen LogP contribution in [0.3, 0.4) is 0 Å². The molecule has 9 heteroatoms. The van der Waals surface area contributed by atoms with Crippen molar-refractivity contribution in [3.05, 3.63) is 86.5 Å². The van der Waals surface area contributed by atoms with E-state index in [1.165, 1.54) is 0 Å². The zero-order valence-corrected chi connectivity index (χ0v) is 42.5. The third-order valence-electron chi connectivity index (χ3n) is 12.9. The summed E-state index contributed by atoms with van der Waals surface area (Å²) >= 11 is 0.